The Kier molecular flexibility index (Phi) is 4.56. The predicted molar refractivity (Wildman–Crippen MR) is 93.0 cm³/mol. The normalized spacial score (nSPS) is 10.5. The van der Waals surface area contributed by atoms with E-state index in [1.54, 1.807) is 13.2 Å². The van der Waals surface area contributed by atoms with Gasteiger partial charge in [-0.25, -0.2) is 9.97 Å². The van der Waals surface area contributed by atoms with Crippen molar-refractivity contribution in [1.82, 2.24) is 15.3 Å². The average molecular weight is 322 g/mol. The molecule has 6 nitrogen and oxygen atoms in total. The minimum Gasteiger partial charge on any atom is -0.497 e. The zero-order valence-electron chi connectivity index (χ0n) is 13.3. The van der Waals surface area contributed by atoms with Crippen molar-refractivity contribution in [2.45, 2.75) is 6.42 Å². The molecule has 1 aromatic heterocycles. The molecule has 6 heteroatoms. The summed E-state index contributed by atoms with van der Waals surface area (Å²) in [6.45, 7) is 0.490. The Balaban J connectivity index is 1.71. The number of fused-ring (bicyclic) bond motifs is 1. The van der Waals surface area contributed by atoms with Crippen LogP contribution in [0.15, 0.2) is 48.5 Å². The van der Waals surface area contributed by atoms with Crippen molar-refractivity contribution < 1.29 is 9.53 Å². The number of amides is 1. The highest BCUT2D eigenvalue weighted by Crippen LogP contribution is 2.16. The number of methoxy groups -OCH3 is 1. The first-order valence-electron chi connectivity index (χ1n) is 7.61. The van der Waals surface area contributed by atoms with E-state index in [9.17, 15) is 4.79 Å². The molecule has 0 spiro atoms. The summed E-state index contributed by atoms with van der Waals surface area (Å²) >= 11 is 0. The standard InChI is InChI=1S/C18H18N4O2/c1-24-13-6-4-5-12(11-13)9-10-20-17(23)16-14-7-2-3-8-15(14)21-18(19)22-16/h2-8,11H,9-10H2,1H3,(H,20,23)(H2,19,21,22). The molecule has 1 amide bonds. The van der Waals surface area contributed by atoms with E-state index in [1.807, 2.05) is 42.5 Å². The molecular formula is C18H18N4O2. The van der Waals surface area contributed by atoms with Crippen LogP contribution < -0.4 is 15.8 Å². The molecule has 122 valence electrons. The third kappa shape index (κ3) is 3.43. The van der Waals surface area contributed by atoms with Crippen LogP contribution in [-0.2, 0) is 6.42 Å². The second kappa shape index (κ2) is 6.95. The third-order valence-corrected chi connectivity index (χ3v) is 3.67. The Labute approximate surface area is 139 Å². The van der Waals surface area contributed by atoms with E-state index < -0.39 is 0 Å². The van der Waals surface area contributed by atoms with Crippen molar-refractivity contribution in [3.8, 4) is 5.75 Å². The Morgan fingerprint density at radius 2 is 2.00 bits per heavy atom. The van der Waals surface area contributed by atoms with Gasteiger partial charge in [0.1, 0.15) is 11.4 Å². The third-order valence-electron chi connectivity index (χ3n) is 3.67. The molecule has 3 N–H and O–H groups in total. The van der Waals surface area contributed by atoms with Crippen LogP contribution in [0.4, 0.5) is 5.95 Å². The van der Waals surface area contributed by atoms with Gasteiger partial charge in [0.05, 0.1) is 12.6 Å². The van der Waals surface area contributed by atoms with Crippen LogP contribution in [0.5, 0.6) is 5.75 Å². The van der Waals surface area contributed by atoms with Gasteiger partial charge in [-0.15, -0.1) is 0 Å². The molecule has 1 heterocycles. The van der Waals surface area contributed by atoms with Gasteiger partial charge < -0.3 is 15.8 Å². The van der Waals surface area contributed by atoms with Gasteiger partial charge in [-0.3, -0.25) is 4.79 Å². The fraction of sp³-hybridized carbons (Fsp3) is 0.167. The van der Waals surface area contributed by atoms with Gasteiger partial charge in [-0.05, 0) is 30.2 Å². The minimum absolute atomic E-state index is 0.0895. The van der Waals surface area contributed by atoms with Crippen molar-refractivity contribution in [3.05, 3.63) is 59.8 Å². The maximum atomic E-state index is 12.4. The zero-order valence-corrected chi connectivity index (χ0v) is 13.3. The molecule has 0 aliphatic rings. The maximum absolute atomic E-state index is 12.4. The molecule has 0 radical (unpaired) electrons. The number of aromatic nitrogens is 2. The number of benzene rings is 2. The van der Waals surface area contributed by atoms with E-state index in [2.05, 4.69) is 15.3 Å². The van der Waals surface area contributed by atoms with Gasteiger partial charge in [-0.2, -0.15) is 0 Å². The zero-order chi connectivity index (χ0) is 16.9. The van der Waals surface area contributed by atoms with Crippen molar-refractivity contribution in [3.63, 3.8) is 0 Å². The number of nitrogen functional groups attached to an aromatic ring is 1. The highest BCUT2D eigenvalue weighted by Gasteiger charge is 2.13. The molecule has 0 fully saturated rings. The van der Waals surface area contributed by atoms with Crippen LogP contribution >= 0.6 is 0 Å². The summed E-state index contributed by atoms with van der Waals surface area (Å²) in [5, 5.41) is 3.56. The maximum Gasteiger partial charge on any atom is 0.270 e. The summed E-state index contributed by atoms with van der Waals surface area (Å²) in [4.78, 5) is 20.7. The second-order valence-electron chi connectivity index (χ2n) is 5.30. The molecule has 0 atom stereocenters. The molecule has 24 heavy (non-hydrogen) atoms. The molecule has 0 unspecified atom stereocenters. The number of para-hydroxylation sites is 1. The fourth-order valence-electron chi connectivity index (χ4n) is 2.50. The summed E-state index contributed by atoms with van der Waals surface area (Å²) in [5.41, 5.74) is 7.73. The molecule has 3 rings (SSSR count). The Bertz CT molecular complexity index is 880. The molecule has 0 saturated heterocycles. The first-order valence-corrected chi connectivity index (χ1v) is 7.61. The molecule has 0 aliphatic heterocycles. The summed E-state index contributed by atoms with van der Waals surface area (Å²) in [7, 11) is 1.63. The highest BCUT2D eigenvalue weighted by molar-refractivity contribution is 6.04. The average Bonchev–Trinajstić information content (AvgIpc) is 2.61. The van der Waals surface area contributed by atoms with E-state index in [-0.39, 0.29) is 11.9 Å². The number of hydrogen-bond donors (Lipinski definition) is 2. The van der Waals surface area contributed by atoms with Crippen LogP contribution in [0.3, 0.4) is 0 Å². The summed E-state index contributed by atoms with van der Waals surface area (Å²) < 4.78 is 5.19. The molecule has 2 aromatic carbocycles. The quantitative estimate of drug-likeness (QED) is 0.751. The highest BCUT2D eigenvalue weighted by atomic mass is 16.5. The number of rotatable bonds is 5. The number of anilines is 1. The van der Waals surface area contributed by atoms with Crippen molar-refractivity contribution in [2.24, 2.45) is 0 Å². The number of hydrogen-bond acceptors (Lipinski definition) is 5. The Morgan fingerprint density at radius 1 is 1.17 bits per heavy atom. The molecule has 3 aromatic rings. The van der Waals surface area contributed by atoms with E-state index >= 15 is 0 Å². The van der Waals surface area contributed by atoms with Crippen LogP contribution in [0.2, 0.25) is 0 Å². The smallest absolute Gasteiger partial charge is 0.270 e. The van der Waals surface area contributed by atoms with Crippen molar-refractivity contribution >= 4 is 22.8 Å². The van der Waals surface area contributed by atoms with Gasteiger partial charge in [0, 0.05) is 11.9 Å². The lowest BCUT2D eigenvalue weighted by Crippen LogP contribution is -2.27. The number of carbonyl (C=O) groups is 1. The number of nitrogens with zero attached hydrogens (tertiary/aromatic N) is 2. The lowest BCUT2D eigenvalue weighted by Gasteiger charge is -2.08. The minimum atomic E-state index is -0.261. The molecule has 0 saturated carbocycles. The van der Waals surface area contributed by atoms with Crippen LogP contribution in [-0.4, -0.2) is 29.5 Å². The van der Waals surface area contributed by atoms with Gasteiger partial charge in [0.25, 0.3) is 5.91 Å². The predicted octanol–water partition coefficient (Wildman–Crippen LogP) is 2.19. The number of nitrogens with one attached hydrogen (secondary N) is 1. The summed E-state index contributed by atoms with van der Waals surface area (Å²) in [6.07, 6.45) is 0.696. The first kappa shape index (κ1) is 15.7. The summed E-state index contributed by atoms with van der Waals surface area (Å²) in [5.74, 6) is 0.628. The van der Waals surface area contributed by atoms with Crippen LogP contribution in [0.25, 0.3) is 10.9 Å². The van der Waals surface area contributed by atoms with E-state index in [0.29, 0.717) is 29.6 Å². The SMILES string of the molecule is COc1cccc(CCNC(=O)c2nc(N)nc3ccccc23)c1. The largest absolute Gasteiger partial charge is 0.497 e. The Morgan fingerprint density at radius 3 is 2.83 bits per heavy atom. The molecule has 0 aliphatic carbocycles. The van der Waals surface area contributed by atoms with Gasteiger partial charge in [0.2, 0.25) is 5.95 Å². The number of ether oxygens (including phenoxy) is 1. The molecular weight excluding hydrogens is 304 g/mol. The van der Waals surface area contributed by atoms with Gasteiger partial charge in [0.15, 0.2) is 0 Å². The van der Waals surface area contributed by atoms with Crippen molar-refractivity contribution in [2.75, 3.05) is 19.4 Å². The Hall–Kier alpha value is -3.15. The lowest BCUT2D eigenvalue weighted by molar-refractivity contribution is 0.0951. The molecule has 0 bridgehead atoms. The van der Waals surface area contributed by atoms with E-state index in [0.717, 1.165) is 11.3 Å². The monoisotopic (exact) mass is 322 g/mol. The van der Waals surface area contributed by atoms with Crippen molar-refractivity contribution in [1.29, 1.82) is 0 Å². The first-order chi connectivity index (χ1) is 11.7. The lowest BCUT2D eigenvalue weighted by atomic mass is 10.1. The van der Waals surface area contributed by atoms with Gasteiger partial charge >= 0.3 is 0 Å². The number of nitrogens with two attached hydrogens (primary N) is 1. The van der Waals surface area contributed by atoms with Crippen LogP contribution in [0, 0.1) is 0 Å². The fourth-order valence-corrected chi connectivity index (χ4v) is 2.50. The van der Waals surface area contributed by atoms with E-state index in [4.69, 9.17) is 10.5 Å². The number of carbonyl (C=O) groups excluding carboxylic acids is 1. The summed E-state index contributed by atoms with van der Waals surface area (Å²) in [6, 6.07) is 15.1. The van der Waals surface area contributed by atoms with Gasteiger partial charge in [-0.1, -0.05) is 30.3 Å². The second-order valence-corrected chi connectivity index (χ2v) is 5.30. The van der Waals surface area contributed by atoms with Crippen LogP contribution in [0.1, 0.15) is 16.1 Å². The topological polar surface area (TPSA) is 90.1 Å². The van der Waals surface area contributed by atoms with E-state index in [1.165, 1.54) is 0 Å².